The molecule has 0 aliphatic heterocycles. The summed E-state index contributed by atoms with van der Waals surface area (Å²) in [6.07, 6.45) is 1.61. The first kappa shape index (κ1) is 18.6. The standard InChI is InChI=1S/C10H10NO4P.2Na.2H/c1-16(12,13)15-14-9-6-2-4-8-5-3-7-11-10(8)9;;;;/h2-7H,1H3,(H,12,13);;;;/q;2*+1;2*-1. The summed E-state index contributed by atoms with van der Waals surface area (Å²) in [5, 5.41) is 0.868. The molecule has 2 aromatic rings. The molecule has 0 saturated heterocycles. The summed E-state index contributed by atoms with van der Waals surface area (Å²) in [7, 11) is -3.66. The van der Waals surface area contributed by atoms with Crippen molar-refractivity contribution in [2.45, 2.75) is 0 Å². The molecule has 0 spiro atoms. The van der Waals surface area contributed by atoms with Crippen molar-refractivity contribution in [1.82, 2.24) is 4.98 Å². The first-order valence-electron chi connectivity index (χ1n) is 4.56. The van der Waals surface area contributed by atoms with Crippen molar-refractivity contribution in [2.24, 2.45) is 0 Å². The smallest absolute Gasteiger partial charge is 1.00 e. The van der Waals surface area contributed by atoms with E-state index in [9.17, 15) is 4.57 Å². The van der Waals surface area contributed by atoms with Gasteiger partial charge in [-0.2, -0.15) is 0 Å². The van der Waals surface area contributed by atoms with E-state index >= 15 is 0 Å². The number of aromatic nitrogens is 1. The molecular formula is C10H12NNa2O4P. The van der Waals surface area contributed by atoms with Gasteiger partial charge in [0.25, 0.3) is 0 Å². The molecule has 0 amide bonds. The maximum Gasteiger partial charge on any atom is 1.00 e. The Morgan fingerprint density at radius 3 is 2.61 bits per heavy atom. The number of rotatable bonds is 3. The molecule has 1 aromatic carbocycles. The molecule has 0 radical (unpaired) electrons. The van der Waals surface area contributed by atoms with E-state index in [0.717, 1.165) is 12.1 Å². The van der Waals surface area contributed by atoms with Gasteiger partial charge >= 0.3 is 66.7 Å². The quantitative estimate of drug-likeness (QED) is 0.276. The summed E-state index contributed by atoms with van der Waals surface area (Å²) in [4.78, 5) is 17.9. The van der Waals surface area contributed by atoms with E-state index in [-0.39, 0.29) is 62.0 Å². The van der Waals surface area contributed by atoms with Crippen molar-refractivity contribution in [3.05, 3.63) is 36.5 Å². The van der Waals surface area contributed by atoms with Gasteiger partial charge in [-0.25, -0.2) is 0 Å². The van der Waals surface area contributed by atoms with Crippen molar-refractivity contribution in [2.75, 3.05) is 6.66 Å². The van der Waals surface area contributed by atoms with Crippen LogP contribution in [0.2, 0.25) is 0 Å². The van der Waals surface area contributed by atoms with Crippen LogP contribution < -0.4 is 64.0 Å². The minimum absolute atomic E-state index is 0. The Morgan fingerprint density at radius 2 is 1.94 bits per heavy atom. The predicted molar refractivity (Wildman–Crippen MR) is 61.4 cm³/mol. The van der Waals surface area contributed by atoms with Crippen LogP contribution in [0.25, 0.3) is 10.9 Å². The number of pyridine rings is 1. The molecule has 5 nitrogen and oxygen atoms in total. The fraction of sp³-hybridized carbons (Fsp3) is 0.100. The van der Waals surface area contributed by atoms with Crippen LogP contribution >= 0.6 is 7.60 Å². The van der Waals surface area contributed by atoms with Gasteiger partial charge in [0.1, 0.15) is 5.52 Å². The Balaban J connectivity index is -0.000000722. The second kappa shape index (κ2) is 8.00. The maximum atomic E-state index is 10.9. The minimum atomic E-state index is -3.66. The van der Waals surface area contributed by atoms with Gasteiger partial charge in [0.15, 0.2) is 5.75 Å². The van der Waals surface area contributed by atoms with Crippen LogP contribution in [0.5, 0.6) is 5.75 Å². The molecule has 18 heavy (non-hydrogen) atoms. The summed E-state index contributed by atoms with van der Waals surface area (Å²) >= 11 is 0. The fourth-order valence-electron chi connectivity index (χ4n) is 1.25. The number of para-hydroxylation sites is 1. The third-order valence-corrected chi connectivity index (χ3v) is 2.21. The SMILES string of the molecule is CP(=O)(O)OOc1cccc2cccnc12.[H-].[H-].[Na+].[Na+]. The third-order valence-electron chi connectivity index (χ3n) is 1.86. The fourth-order valence-corrected chi connectivity index (χ4v) is 1.47. The zero-order chi connectivity index (χ0) is 11.6. The first-order chi connectivity index (χ1) is 7.56. The molecule has 1 aromatic heterocycles. The van der Waals surface area contributed by atoms with E-state index in [1.54, 1.807) is 24.4 Å². The molecule has 1 N–H and O–H groups in total. The molecule has 0 saturated carbocycles. The number of benzene rings is 1. The summed E-state index contributed by atoms with van der Waals surface area (Å²) in [6, 6.07) is 8.88. The van der Waals surface area contributed by atoms with Gasteiger partial charge in [0.05, 0.1) is 0 Å². The number of hydrogen-bond acceptors (Lipinski definition) is 4. The van der Waals surface area contributed by atoms with Crippen LogP contribution in [-0.2, 0) is 9.24 Å². The zero-order valence-corrected chi connectivity index (χ0v) is 15.4. The van der Waals surface area contributed by atoms with Gasteiger partial charge in [-0.3, -0.25) is 9.55 Å². The third kappa shape index (κ3) is 5.29. The Hall–Kier alpha value is 0.580. The number of fused-ring (bicyclic) bond motifs is 1. The largest absolute Gasteiger partial charge is 1.00 e. The second-order valence-electron chi connectivity index (χ2n) is 3.29. The van der Waals surface area contributed by atoms with Gasteiger partial charge in [-0.15, -0.1) is 4.67 Å². The van der Waals surface area contributed by atoms with Gasteiger partial charge in [0, 0.05) is 18.2 Å². The van der Waals surface area contributed by atoms with Crippen LogP contribution in [0.4, 0.5) is 0 Å². The van der Waals surface area contributed by atoms with E-state index < -0.39 is 7.60 Å². The summed E-state index contributed by atoms with van der Waals surface area (Å²) in [6.45, 7) is 1.05. The molecule has 0 bridgehead atoms. The Labute approximate surface area is 152 Å². The molecule has 0 fully saturated rings. The van der Waals surface area contributed by atoms with Crippen molar-refractivity contribution in [3.63, 3.8) is 0 Å². The maximum absolute atomic E-state index is 10.9. The first-order valence-corrected chi connectivity index (χ1v) is 6.59. The Morgan fingerprint density at radius 1 is 1.28 bits per heavy atom. The molecular weight excluding hydrogens is 275 g/mol. The molecule has 1 heterocycles. The molecule has 8 heteroatoms. The molecule has 1 unspecified atom stereocenters. The zero-order valence-electron chi connectivity index (χ0n) is 12.5. The second-order valence-corrected chi connectivity index (χ2v) is 5.05. The monoisotopic (exact) mass is 287 g/mol. The van der Waals surface area contributed by atoms with E-state index in [2.05, 4.69) is 9.66 Å². The topological polar surface area (TPSA) is 68.7 Å². The molecule has 1 atom stereocenters. The molecule has 2 rings (SSSR count). The number of hydrogen-bond donors (Lipinski definition) is 1. The average molecular weight is 287 g/mol. The summed E-state index contributed by atoms with van der Waals surface area (Å²) in [5.41, 5.74) is 0.582. The van der Waals surface area contributed by atoms with E-state index in [0.29, 0.717) is 11.3 Å². The van der Waals surface area contributed by atoms with E-state index in [4.69, 9.17) is 9.78 Å². The van der Waals surface area contributed by atoms with Crippen molar-refractivity contribution in [1.29, 1.82) is 0 Å². The molecule has 0 aliphatic rings. The number of nitrogens with zero attached hydrogens (tertiary/aromatic N) is 1. The average Bonchev–Trinajstić information content (AvgIpc) is 2.25. The van der Waals surface area contributed by atoms with Gasteiger partial charge < -0.3 is 12.6 Å². The van der Waals surface area contributed by atoms with Crippen molar-refractivity contribution < 1.29 is 81.0 Å². The van der Waals surface area contributed by atoms with Crippen LogP contribution in [0.1, 0.15) is 2.85 Å². The molecule has 88 valence electrons. The Bertz CT molecular complexity index is 564. The van der Waals surface area contributed by atoms with Gasteiger partial charge in [0.2, 0.25) is 0 Å². The minimum Gasteiger partial charge on any atom is -1.00 e. The van der Waals surface area contributed by atoms with E-state index in [1.807, 2.05) is 12.1 Å². The summed E-state index contributed by atoms with van der Waals surface area (Å²) in [5.74, 6) is 0.314. The predicted octanol–water partition coefficient (Wildman–Crippen LogP) is -3.41. The van der Waals surface area contributed by atoms with Gasteiger partial charge in [-0.1, -0.05) is 18.2 Å². The summed E-state index contributed by atoms with van der Waals surface area (Å²) < 4.78 is 15.3. The van der Waals surface area contributed by atoms with Crippen LogP contribution in [0.15, 0.2) is 36.5 Å². The van der Waals surface area contributed by atoms with Crippen LogP contribution in [-0.4, -0.2) is 16.5 Å². The van der Waals surface area contributed by atoms with E-state index in [1.165, 1.54) is 0 Å². The normalized spacial score (nSPS) is 13.0. The Kier molecular flexibility index (Phi) is 8.26. The van der Waals surface area contributed by atoms with Crippen LogP contribution in [0.3, 0.4) is 0 Å². The molecule has 0 aliphatic carbocycles. The van der Waals surface area contributed by atoms with Crippen molar-refractivity contribution >= 4 is 18.5 Å². The van der Waals surface area contributed by atoms with Gasteiger partial charge in [-0.05, 0) is 12.1 Å². The van der Waals surface area contributed by atoms with Crippen LogP contribution in [0, 0.1) is 0 Å². The van der Waals surface area contributed by atoms with Crippen molar-refractivity contribution in [3.8, 4) is 5.75 Å².